The van der Waals surface area contributed by atoms with E-state index in [2.05, 4.69) is 4.72 Å². The van der Waals surface area contributed by atoms with Crippen molar-refractivity contribution in [1.29, 1.82) is 0 Å². The van der Waals surface area contributed by atoms with Gasteiger partial charge in [-0.1, -0.05) is 18.5 Å². The third kappa shape index (κ3) is 2.83. The summed E-state index contributed by atoms with van der Waals surface area (Å²) in [5.74, 6) is -0.849. The summed E-state index contributed by atoms with van der Waals surface area (Å²) in [5, 5.41) is 8.85. The fraction of sp³-hybridized carbons (Fsp3) is 0.538. The van der Waals surface area contributed by atoms with E-state index in [0.717, 1.165) is 25.3 Å². The summed E-state index contributed by atoms with van der Waals surface area (Å²) in [6, 6.07) is 2.08. The molecular formula is C13H17ClFNO3S. The first kappa shape index (κ1) is 15.7. The van der Waals surface area contributed by atoms with Crippen LogP contribution in [0.3, 0.4) is 0 Å². The van der Waals surface area contributed by atoms with Crippen LogP contribution >= 0.6 is 11.6 Å². The lowest BCUT2D eigenvalue weighted by molar-refractivity contribution is 0.214. The van der Waals surface area contributed by atoms with E-state index in [9.17, 15) is 12.8 Å². The Kier molecular flexibility index (Phi) is 4.39. The van der Waals surface area contributed by atoms with E-state index in [0.29, 0.717) is 6.42 Å². The zero-order valence-electron chi connectivity index (χ0n) is 11.1. The number of halogens is 2. The highest BCUT2D eigenvalue weighted by Crippen LogP contribution is 2.36. The fourth-order valence-electron chi connectivity index (χ4n) is 2.36. The lowest BCUT2D eigenvalue weighted by atomic mass is 9.76. The van der Waals surface area contributed by atoms with Crippen LogP contribution in [-0.4, -0.2) is 19.1 Å². The number of sulfonamides is 1. The summed E-state index contributed by atoms with van der Waals surface area (Å²) in [6.45, 7) is 1.40. The number of aliphatic hydroxyl groups is 1. The molecule has 2 rings (SSSR count). The van der Waals surface area contributed by atoms with Gasteiger partial charge >= 0.3 is 0 Å². The SMILES string of the molecule is CCC1(NS(=O)(=O)c2cc(F)c(Cl)c(CO)c2)CCC1. The van der Waals surface area contributed by atoms with Crippen molar-refractivity contribution in [2.45, 2.75) is 49.6 Å². The number of benzene rings is 1. The molecule has 0 radical (unpaired) electrons. The van der Waals surface area contributed by atoms with Crippen LogP contribution in [0, 0.1) is 5.82 Å². The van der Waals surface area contributed by atoms with Crippen LogP contribution in [0.25, 0.3) is 0 Å². The summed E-state index contributed by atoms with van der Waals surface area (Å²) in [4.78, 5) is -0.205. The van der Waals surface area contributed by atoms with Gasteiger partial charge < -0.3 is 5.11 Å². The van der Waals surface area contributed by atoms with Crippen LogP contribution in [0.15, 0.2) is 17.0 Å². The maximum Gasteiger partial charge on any atom is 0.241 e. The third-order valence-electron chi connectivity index (χ3n) is 3.90. The molecule has 0 saturated heterocycles. The zero-order valence-corrected chi connectivity index (χ0v) is 12.7. The molecule has 1 aromatic rings. The van der Waals surface area contributed by atoms with Gasteiger partial charge in [0.1, 0.15) is 5.82 Å². The van der Waals surface area contributed by atoms with Crippen molar-refractivity contribution in [2.75, 3.05) is 0 Å². The zero-order chi connectivity index (χ0) is 15.0. The van der Waals surface area contributed by atoms with E-state index >= 15 is 0 Å². The first-order chi connectivity index (χ1) is 9.33. The van der Waals surface area contributed by atoms with Crippen molar-refractivity contribution in [3.63, 3.8) is 0 Å². The van der Waals surface area contributed by atoms with E-state index in [4.69, 9.17) is 16.7 Å². The van der Waals surface area contributed by atoms with Crippen LogP contribution in [0.1, 0.15) is 38.2 Å². The van der Waals surface area contributed by atoms with Crippen molar-refractivity contribution in [3.8, 4) is 0 Å². The van der Waals surface area contributed by atoms with Crippen molar-refractivity contribution >= 4 is 21.6 Å². The number of aliphatic hydroxyl groups excluding tert-OH is 1. The quantitative estimate of drug-likeness (QED) is 0.876. The van der Waals surface area contributed by atoms with E-state index in [1.54, 1.807) is 0 Å². The highest BCUT2D eigenvalue weighted by molar-refractivity contribution is 7.89. The van der Waals surface area contributed by atoms with E-state index in [1.807, 2.05) is 6.92 Å². The summed E-state index contributed by atoms with van der Waals surface area (Å²) in [6.07, 6.45) is 3.24. The molecule has 1 saturated carbocycles. The van der Waals surface area contributed by atoms with Gasteiger partial charge in [0.25, 0.3) is 0 Å². The summed E-state index contributed by atoms with van der Waals surface area (Å²) in [7, 11) is -3.82. The standard InChI is InChI=1S/C13H17ClFNO3S/c1-2-13(4-3-5-13)16-20(18,19)10-6-9(8-17)12(14)11(15)7-10/h6-7,16-17H,2-5,8H2,1H3. The van der Waals surface area contributed by atoms with Gasteiger partial charge in [-0.25, -0.2) is 17.5 Å². The predicted octanol–water partition coefficient (Wildman–Crippen LogP) is 2.58. The molecule has 0 unspecified atom stereocenters. The lowest BCUT2D eigenvalue weighted by Gasteiger charge is -2.41. The molecule has 7 heteroatoms. The van der Waals surface area contributed by atoms with Crippen molar-refractivity contribution in [1.82, 2.24) is 4.72 Å². The number of rotatable bonds is 5. The average molecular weight is 322 g/mol. The molecule has 1 fully saturated rings. The van der Waals surface area contributed by atoms with E-state index < -0.39 is 28.0 Å². The Morgan fingerprint density at radius 3 is 2.55 bits per heavy atom. The first-order valence-corrected chi connectivity index (χ1v) is 8.32. The number of hydrogen-bond donors (Lipinski definition) is 2. The molecule has 1 aromatic carbocycles. The maximum absolute atomic E-state index is 13.6. The van der Waals surface area contributed by atoms with E-state index in [-0.39, 0.29) is 15.5 Å². The van der Waals surface area contributed by atoms with Gasteiger partial charge in [0, 0.05) is 11.1 Å². The van der Waals surface area contributed by atoms with Crippen LogP contribution < -0.4 is 4.72 Å². The molecule has 0 aliphatic heterocycles. The normalized spacial score (nSPS) is 17.8. The Labute approximate surface area is 123 Å². The van der Waals surface area contributed by atoms with Crippen LogP contribution in [-0.2, 0) is 16.6 Å². The van der Waals surface area contributed by atoms with Crippen molar-refractivity contribution in [3.05, 3.63) is 28.5 Å². The molecule has 0 bridgehead atoms. The second-order valence-electron chi connectivity index (χ2n) is 5.13. The van der Waals surface area contributed by atoms with Gasteiger partial charge in [-0.3, -0.25) is 0 Å². The molecule has 2 N–H and O–H groups in total. The Balaban J connectivity index is 2.37. The van der Waals surface area contributed by atoms with Crippen LogP contribution in [0.4, 0.5) is 4.39 Å². The molecule has 0 aromatic heterocycles. The second kappa shape index (κ2) is 5.60. The minimum atomic E-state index is -3.82. The molecule has 0 spiro atoms. The Morgan fingerprint density at radius 2 is 2.10 bits per heavy atom. The van der Waals surface area contributed by atoms with E-state index in [1.165, 1.54) is 6.07 Å². The highest BCUT2D eigenvalue weighted by atomic mass is 35.5. The smallest absolute Gasteiger partial charge is 0.241 e. The molecule has 4 nitrogen and oxygen atoms in total. The maximum atomic E-state index is 13.6. The van der Waals surface area contributed by atoms with Gasteiger partial charge in [0.05, 0.1) is 16.5 Å². The molecule has 1 aliphatic carbocycles. The van der Waals surface area contributed by atoms with Gasteiger partial charge in [0.2, 0.25) is 10.0 Å². The molecule has 0 heterocycles. The predicted molar refractivity (Wildman–Crippen MR) is 74.5 cm³/mol. The largest absolute Gasteiger partial charge is 0.392 e. The minimum absolute atomic E-state index is 0.0613. The third-order valence-corrected chi connectivity index (χ3v) is 5.88. The molecular weight excluding hydrogens is 305 g/mol. The molecule has 1 aliphatic rings. The average Bonchev–Trinajstić information content (AvgIpc) is 2.37. The van der Waals surface area contributed by atoms with Crippen molar-refractivity contribution in [2.24, 2.45) is 0 Å². The molecule has 20 heavy (non-hydrogen) atoms. The fourth-order valence-corrected chi connectivity index (χ4v) is 4.13. The second-order valence-corrected chi connectivity index (χ2v) is 7.19. The molecule has 0 amide bonds. The Hall–Kier alpha value is -0.690. The Bertz CT molecular complexity index is 609. The number of nitrogens with one attached hydrogen (secondary N) is 1. The summed E-state index contributed by atoms with van der Waals surface area (Å²) in [5.41, 5.74) is -0.361. The van der Waals surface area contributed by atoms with Gasteiger partial charge in [-0.2, -0.15) is 0 Å². The monoisotopic (exact) mass is 321 g/mol. The van der Waals surface area contributed by atoms with Gasteiger partial charge in [-0.15, -0.1) is 0 Å². The minimum Gasteiger partial charge on any atom is -0.392 e. The first-order valence-electron chi connectivity index (χ1n) is 6.46. The highest BCUT2D eigenvalue weighted by Gasteiger charge is 2.39. The lowest BCUT2D eigenvalue weighted by Crippen LogP contribution is -2.52. The molecule has 112 valence electrons. The van der Waals surface area contributed by atoms with Crippen LogP contribution in [0.5, 0.6) is 0 Å². The summed E-state index contributed by atoms with van der Waals surface area (Å²) < 4.78 is 40.9. The van der Waals surface area contributed by atoms with Gasteiger partial charge in [0.15, 0.2) is 0 Å². The number of hydrogen-bond acceptors (Lipinski definition) is 3. The molecule has 0 atom stereocenters. The van der Waals surface area contributed by atoms with Gasteiger partial charge in [-0.05, 0) is 37.8 Å². The van der Waals surface area contributed by atoms with Crippen LogP contribution in [0.2, 0.25) is 5.02 Å². The topological polar surface area (TPSA) is 66.4 Å². The van der Waals surface area contributed by atoms with Crippen molar-refractivity contribution < 1.29 is 17.9 Å². The summed E-state index contributed by atoms with van der Waals surface area (Å²) >= 11 is 5.66. The Morgan fingerprint density at radius 1 is 1.45 bits per heavy atom.